The number of benzene rings is 1. The molecule has 0 radical (unpaired) electrons. The molecule has 3 atom stereocenters. The van der Waals surface area contributed by atoms with Gasteiger partial charge in [0.15, 0.2) is 11.6 Å². The minimum Gasteiger partial charge on any atom is -0.317 e. The van der Waals surface area contributed by atoms with E-state index in [9.17, 15) is 8.78 Å². The van der Waals surface area contributed by atoms with Gasteiger partial charge in [0.2, 0.25) is 0 Å². The van der Waals surface area contributed by atoms with Crippen LogP contribution in [0.25, 0.3) is 0 Å². The summed E-state index contributed by atoms with van der Waals surface area (Å²) in [5, 5.41) is 3.45. The van der Waals surface area contributed by atoms with E-state index >= 15 is 0 Å². The molecule has 2 bridgehead atoms. The first-order chi connectivity index (χ1) is 12.7. The second kappa shape index (κ2) is 6.84. The Hall–Kier alpha value is -1.04. The molecule has 0 amide bonds. The molecule has 0 aliphatic carbocycles. The highest BCUT2D eigenvalue weighted by molar-refractivity contribution is 5.29. The maximum Gasteiger partial charge on any atom is 0.162 e. The molecule has 5 fully saturated rings. The zero-order valence-electron chi connectivity index (χ0n) is 15.3. The van der Waals surface area contributed by atoms with Gasteiger partial charge < -0.3 is 5.32 Å². The molecule has 5 aliphatic rings. The molecule has 0 aromatic heterocycles. The predicted molar refractivity (Wildman–Crippen MR) is 98.1 cm³/mol. The Labute approximate surface area is 154 Å². The topological polar surface area (TPSA) is 18.5 Å². The van der Waals surface area contributed by atoms with E-state index in [4.69, 9.17) is 0 Å². The van der Waals surface area contributed by atoms with Crippen molar-refractivity contribution in [2.24, 2.45) is 11.8 Å². The standard InChI is InChI=1S/C21H29F2N3/c22-18-3-1-2-16(19(18)23)17-13-26(12-14-4-8-24-9-5-14)20-15-6-10-25(11-7-15)21(17)20/h1-3,14-15,17,20-21,24H,4-13H2/t17-,20-,21-/m1/s1. The maximum absolute atomic E-state index is 14.6. The van der Waals surface area contributed by atoms with E-state index in [0.717, 1.165) is 51.1 Å². The average molecular weight is 361 g/mol. The molecule has 1 aromatic rings. The number of hydrogen-bond acceptors (Lipinski definition) is 3. The van der Waals surface area contributed by atoms with Crippen LogP contribution >= 0.6 is 0 Å². The lowest BCUT2D eigenvalue weighted by atomic mass is 9.75. The molecule has 142 valence electrons. The second-order valence-corrected chi connectivity index (χ2v) is 8.75. The first-order valence-corrected chi connectivity index (χ1v) is 10.3. The Balaban J connectivity index is 1.45. The van der Waals surface area contributed by atoms with Crippen LogP contribution in [-0.2, 0) is 0 Å². The van der Waals surface area contributed by atoms with Crippen molar-refractivity contribution in [3.8, 4) is 0 Å². The van der Waals surface area contributed by atoms with Crippen LogP contribution < -0.4 is 5.32 Å². The van der Waals surface area contributed by atoms with Gasteiger partial charge in [0, 0.05) is 31.1 Å². The summed E-state index contributed by atoms with van der Waals surface area (Å²) in [6, 6.07) is 5.62. The van der Waals surface area contributed by atoms with Crippen molar-refractivity contribution in [2.45, 2.75) is 43.7 Å². The number of nitrogens with one attached hydrogen (secondary N) is 1. The molecule has 0 spiro atoms. The van der Waals surface area contributed by atoms with Crippen LogP contribution in [0.4, 0.5) is 8.78 Å². The molecule has 3 nitrogen and oxygen atoms in total. The summed E-state index contributed by atoms with van der Waals surface area (Å²) in [4.78, 5) is 5.23. The molecule has 1 aromatic carbocycles. The molecular formula is C21H29F2N3. The molecule has 5 aliphatic heterocycles. The quantitative estimate of drug-likeness (QED) is 0.893. The van der Waals surface area contributed by atoms with Crippen LogP contribution in [0.15, 0.2) is 18.2 Å². The van der Waals surface area contributed by atoms with Crippen LogP contribution in [0.2, 0.25) is 0 Å². The van der Waals surface area contributed by atoms with E-state index in [0.29, 0.717) is 17.6 Å². The van der Waals surface area contributed by atoms with Crippen molar-refractivity contribution in [1.82, 2.24) is 15.1 Å². The summed E-state index contributed by atoms with van der Waals surface area (Å²) in [6.45, 7) is 6.49. The third-order valence-electron chi connectivity index (χ3n) is 7.43. The van der Waals surface area contributed by atoms with E-state index in [1.54, 1.807) is 6.07 Å². The fourth-order valence-electron chi connectivity index (χ4n) is 6.22. The van der Waals surface area contributed by atoms with Crippen molar-refractivity contribution >= 4 is 0 Å². The van der Waals surface area contributed by atoms with Crippen LogP contribution in [0.1, 0.15) is 37.2 Å². The van der Waals surface area contributed by atoms with Crippen molar-refractivity contribution in [3.05, 3.63) is 35.4 Å². The smallest absolute Gasteiger partial charge is 0.162 e. The van der Waals surface area contributed by atoms with Crippen LogP contribution in [0, 0.1) is 23.5 Å². The fraction of sp³-hybridized carbons (Fsp3) is 0.714. The van der Waals surface area contributed by atoms with Crippen LogP contribution in [0.3, 0.4) is 0 Å². The van der Waals surface area contributed by atoms with Crippen LogP contribution in [-0.4, -0.2) is 61.2 Å². The largest absolute Gasteiger partial charge is 0.317 e. The lowest BCUT2D eigenvalue weighted by Gasteiger charge is -2.51. The van der Waals surface area contributed by atoms with Crippen molar-refractivity contribution in [2.75, 3.05) is 39.3 Å². The Morgan fingerprint density at radius 2 is 1.77 bits per heavy atom. The Morgan fingerprint density at radius 1 is 1.00 bits per heavy atom. The summed E-state index contributed by atoms with van der Waals surface area (Å²) in [6.07, 6.45) is 5.01. The van der Waals surface area contributed by atoms with E-state index in [1.165, 1.54) is 31.7 Å². The summed E-state index contributed by atoms with van der Waals surface area (Å²) in [5.74, 6) is 0.242. The normalized spacial score (nSPS) is 37.8. The molecule has 26 heavy (non-hydrogen) atoms. The van der Waals surface area contributed by atoms with Gasteiger partial charge in [-0.1, -0.05) is 12.1 Å². The van der Waals surface area contributed by atoms with E-state index in [-0.39, 0.29) is 5.92 Å². The molecule has 6 rings (SSSR count). The summed E-state index contributed by atoms with van der Waals surface area (Å²) in [5.41, 5.74) is 0.598. The Morgan fingerprint density at radius 3 is 2.54 bits per heavy atom. The van der Waals surface area contributed by atoms with Gasteiger partial charge in [0.25, 0.3) is 0 Å². The average Bonchev–Trinajstić information content (AvgIpc) is 3.07. The molecule has 0 saturated carbocycles. The van der Waals surface area contributed by atoms with E-state index in [1.807, 2.05) is 6.07 Å². The SMILES string of the molecule is Fc1cccc([C@H]2CN(CC3CCNCC3)[C@@H]3C4CCN(CC4)[C@H]23)c1F. The van der Waals surface area contributed by atoms with E-state index in [2.05, 4.69) is 15.1 Å². The minimum atomic E-state index is -0.702. The van der Waals surface area contributed by atoms with Crippen molar-refractivity contribution < 1.29 is 8.78 Å². The van der Waals surface area contributed by atoms with Gasteiger partial charge in [-0.2, -0.15) is 0 Å². The molecule has 5 heterocycles. The number of halogens is 2. The highest BCUT2D eigenvalue weighted by Crippen LogP contribution is 2.47. The zero-order valence-corrected chi connectivity index (χ0v) is 15.3. The number of rotatable bonds is 3. The molecular weight excluding hydrogens is 332 g/mol. The van der Waals surface area contributed by atoms with Gasteiger partial charge in [-0.25, -0.2) is 8.78 Å². The molecule has 0 unspecified atom stereocenters. The number of nitrogens with zero attached hydrogens (tertiary/aromatic N) is 2. The molecule has 5 saturated heterocycles. The maximum atomic E-state index is 14.6. The van der Waals surface area contributed by atoms with Gasteiger partial charge in [-0.3, -0.25) is 9.80 Å². The highest BCUT2D eigenvalue weighted by Gasteiger charge is 2.53. The van der Waals surface area contributed by atoms with Gasteiger partial charge in [-0.05, 0) is 75.3 Å². The molecule has 5 heteroatoms. The summed E-state index contributed by atoms with van der Waals surface area (Å²) < 4.78 is 28.5. The number of hydrogen-bond donors (Lipinski definition) is 1. The second-order valence-electron chi connectivity index (χ2n) is 8.75. The monoisotopic (exact) mass is 361 g/mol. The Kier molecular flexibility index (Phi) is 4.50. The van der Waals surface area contributed by atoms with Crippen molar-refractivity contribution in [3.63, 3.8) is 0 Å². The highest BCUT2D eigenvalue weighted by atomic mass is 19.2. The summed E-state index contributed by atoms with van der Waals surface area (Å²) in [7, 11) is 0. The lowest BCUT2D eigenvalue weighted by Crippen LogP contribution is -2.60. The van der Waals surface area contributed by atoms with Gasteiger partial charge in [0.05, 0.1) is 0 Å². The number of likely N-dealkylation sites (tertiary alicyclic amines) is 1. The first-order valence-electron chi connectivity index (χ1n) is 10.3. The van der Waals surface area contributed by atoms with Gasteiger partial charge in [0.1, 0.15) is 0 Å². The van der Waals surface area contributed by atoms with Gasteiger partial charge >= 0.3 is 0 Å². The molecule has 1 N–H and O–H groups in total. The summed E-state index contributed by atoms with van der Waals surface area (Å²) >= 11 is 0. The number of fused-ring (bicyclic) bond motifs is 2. The predicted octanol–water partition coefficient (Wildman–Crippen LogP) is 2.83. The number of piperidine rings is 4. The van der Waals surface area contributed by atoms with Gasteiger partial charge in [-0.15, -0.1) is 0 Å². The minimum absolute atomic E-state index is 0.0977. The van der Waals surface area contributed by atoms with Crippen molar-refractivity contribution in [1.29, 1.82) is 0 Å². The third kappa shape index (κ3) is 2.79. The van der Waals surface area contributed by atoms with E-state index < -0.39 is 11.6 Å². The first kappa shape index (κ1) is 17.1. The Bertz CT molecular complexity index is 653. The third-order valence-corrected chi connectivity index (χ3v) is 7.43. The fourth-order valence-corrected chi connectivity index (χ4v) is 6.22. The lowest BCUT2D eigenvalue weighted by molar-refractivity contribution is -0.0114. The zero-order chi connectivity index (χ0) is 17.7. The van der Waals surface area contributed by atoms with Crippen LogP contribution in [0.5, 0.6) is 0 Å².